The molecule has 38 heavy (non-hydrogen) atoms. The van der Waals surface area contributed by atoms with E-state index in [1.54, 1.807) is 17.3 Å². The van der Waals surface area contributed by atoms with E-state index in [1.165, 1.54) is 0 Å². The molecule has 3 aromatic rings. The number of fused-ring (bicyclic) bond motifs is 1. The van der Waals surface area contributed by atoms with Gasteiger partial charge in [-0.15, -0.1) is 0 Å². The van der Waals surface area contributed by atoms with Crippen molar-refractivity contribution in [2.45, 2.75) is 38.5 Å². The largest absolute Gasteiger partial charge is 0.477 e. The Hall–Kier alpha value is -3.89. The summed E-state index contributed by atoms with van der Waals surface area (Å²) >= 11 is 0. The SMILES string of the molecule is CCOc1ncccc1-c1ccc(N2C[C@H]3CN(c4ccc(F)cc4C(F)(F)F)C(=O)N3C[C@H]2CC)cn1. The molecule has 1 aromatic carbocycles. The molecule has 200 valence electrons. The number of carbonyl (C=O) groups excluding carboxylic acids is 1. The number of rotatable bonds is 6. The first-order valence-electron chi connectivity index (χ1n) is 12.5. The first kappa shape index (κ1) is 25.7. The van der Waals surface area contributed by atoms with Gasteiger partial charge in [-0.2, -0.15) is 13.2 Å². The summed E-state index contributed by atoms with van der Waals surface area (Å²) in [5, 5.41) is 0. The van der Waals surface area contributed by atoms with Gasteiger partial charge in [-0.25, -0.2) is 14.2 Å². The molecule has 5 rings (SSSR count). The molecule has 2 saturated heterocycles. The predicted octanol–water partition coefficient (Wildman–Crippen LogP) is 5.61. The molecule has 0 N–H and O–H groups in total. The van der Waals surface area contributed by atoms with Gasteiger partial charge in [-0.05, 0) is 55.8 Å². The number of ether oxygens (including phenoxy) is 1. The zero-order valence-electron chi connectivity index (χ0n) is 21.0. The highest BCUT2D eigenvalue weighted by Gasteiger charge is 2.46. The highest BCUT2D eigenvalue weighted by molar-refractivity contribution is 5.96. The zero-order valence-corrected chi connectivity index (χ0v) is 21.0. The van der Waals surface area contributed by atoms with E-state index in [2.05, 4.69) is 14.9 Å². The number of pyridine rings is 2. The van der Waals surface area contributed by atoms with Crippen molar-refractivity contribution in [1.82, 2.24) is 14.9 Å². The van der Waals surface area contributed by atoms with Crippen LogP contribution in [-0.2, 0) is 6.18 Å². The van der Waals surface area contributed by atoms with Crippen LogP contribution in [0.4, 0.5) is 33.7 Å². The number of anilines is 2. The molecule has 0 saturated carbocycles. The molecule has 2 aliphatic heterocycles. The number of amides is 2. The lowest BCUT2D eigenvalue weighted by Gasteiger charge is -2.43. The van der Waals surface area contributed by atoms with Crippen LogP contribution in [-0.4, -0.2) is 59.2 Å². The second kappa shape index (κ2) is 10.1. The van der Waals surface area contributed by atoms with Crippen LogP contribution in [0.5, 0.6) is 5.88 Å². The minimum absolute atomic E-state index is 0.0459. The molecule has 2 aromatic heterocycles. The Kier molecular flexibility index (Phi) is 6.85. The maximum Gasteiger partial charge on any atom is 0.418 e. The first-order valence-corrected chi connectivity index (χ1v) is 12.5. The monoisotopic (exact) mass is 529 g/mol. The van der Waals surface area contributed by atoms with E-state index >= 15 is 0 Å². The minimum Gasteiger partial charge on any atom is -0.477 e. The Morgan fingerprint density at radius 1 is 1.03 bits per heavy atom. The number of aromatic nitrogens is 2. The molecule has 0 aliphatic carbocycles. The summed E-state index contributed by atoms with van der Waals surface area (Å²) < 4.78 is 60.2. The van der Waals surface area contributed by atoms with Gasteiger partial charge in [0.25, 0.3) is 0 Å². The molecular formula is C27H27F4N5O2. The Bertz CT molecular complexity index is 1320. The summed E-state index contributed by atoms with van der Waals surface area (Å²) in [6, 6.07) is 9.06. The van der Waals surface area contributed by atoms with Gasteiger partial charge >= 0.3 is 12.2 Å². The molecule has 2 fully saturated rings. The second-order valence-electron chi connectivity index (χ2n) is 9.26. The molecule has 2 atom stereocenters. The third-order valence-electron chi connectivity index (χ3n) is 7.00. The quantitative estimate of drug-likeness (QED) is 0.389. The highest BCUT2D eigenvalue weighted by Crippen LogP contribution is 2.40. The summed E-state index contributed by atoms with van der Waals surface area (Å²) in [6.07, 6.45) is -0.654. The summed E-state index contributed by atoms with van der Waals surface area (Å²) in [6.45, 7) is 5.22. The molecule has 7 nitrogen and oxygen atoms in total. The lowest BCUT2D eigenvalue weighted by atomic mass is 10.0. The lowest BCUT2D eigenvalue weighted by molar-refractivity contribution is -0.137. The normalized spacial score (nSPS) is 19.6. The number of hydrogen-bond acceptors (Lipinski definition) is 5. The standard InChI is InChI=1S/C27H27F4N5O2/c1-3-18-14-35-20(16-36(26(35)37)24-10-7-17(28)12-22(24)27(29,30)31)15-34(18)19-8-9-23(33-13-19)21-6-5-11-32-25(21)38-4-2/h5-13,18,20H,3-4,14-16H2,1-2H3/t18-,20+/m1/s1. The fourth-order valence-electron chi connectivity index (χ4n) is 5.17. The Labute approximate surface area is 217 Å². The van der Waals surface area contributed by atoms with Gasteiger partial charge < -0.3 is 14.5 Å². The number of halogens is 4. The van der Waals surface area contributed by atoms with Crippen LogP contribution < -0.4 is 14.5 Å². The molecule has 2 amide bonds. The number of benzene rings is 1. The average Bonchev–Trinajstić information content (AvgIpc) is 3.23. The maximum absolute atomic E-state index is 13.7. The number of alkyl halides is 3. The van der Waals surface area contributed by atoms with Gasteiger partial charge in [0.1, 0.15) is 5.82 Å². The van der Waals surface area contributed by atoms with Crippen molar-refractivity contribution in [2.75, 3.05) is 36.0 Å². The van der Waals surface area contributed by atoms with Crippen molar-refractivity contribution in [3.63, 3.8) is 0 Å². The maximum atomic E-state index is 13.7. The summed E-state index contributed by atoms with van der Waals surface area (Å²) in [5.41, 5.74) is 0.845. The number of piperazine rings is 1. The summed E-state index contributed by atoms with van der Waals surface area (Å²) in [5.74, 6) is -0.503. The fourth-order valence-corrected chi connectivity index (χ4v) is 5.17. The fraction of sp³-hybridized carbons (Fsp3) is 0.370. The molecule has 4 heterocycles. The third kappa shape index (κ3) is 4.72. The van der Waals surface area contributed by atoms with E-state index in [0.717, 1.165) is 34.7 Å². The van der Waals surface area contributed by atoms with E-state index < -0.39 is 23.6 Å². The third-order valence-corrected chi connectivity index (χ3v) is 7.00. The van der Waals surface area contributed by atoms with Crippen LogP contribution in [0.15, 0.2) is 54.9 Å². The van der Waals surface area contributed by atoms with Crippen LogP contribution in [0.2, 0.25) is 0 Å². The lowest BCUT2D eigenvalue weighted by Crippen LogP contribution is -2.57. The van der Waals surface area contributed by atoms with Crippen molar-refractivity contribution < 1.29 is 27.1 Å². The van der Waals surface area contributed by atoms with Crippen LogP contribution >= 0.6 is 0 Å². The summed E-state index contributed by atoms with van der Waals surface area (Å²) in [7, 11) is 0. The van der Waals surface area contributed by atoms with Crippen LogP contribution in [0.3, 0.4) is 0 Å². The molecular weight excluding hydrogens is 502 g/mol. The molecule has 2 aliphatic rings. The van der Waals surface area contributed by atoms with Crippen molar-refractivity contribution in [2.24, 2.45) is 0 Å². The van der Waals surface area contributed by atoms with Gasteiger partial charge in [0.15, 0.2) is 0 Å². The molecule has 0 radical (unpaired) electrons. The average molecular weight is 530 g/mol. The van der Waals surface area contributed by atoms with E-state index in [0.29, 0.717) is 37.3 Å². The minimum atomic E-state index is -4.79. The van der Waals surface area contributed by atoms with E-state index in [1.807, 2.05) is 38.1 Å². The smallest absolute Gasteiger partial charge is 0.418 e. The van der Waals surface area contributed by atoms with E-state index in [4.69, 9.17) is 4.74 Å². The molecule has 0 spiro atoms. The number of urea groups is 1. The van der Waals surface area contributed by atoms with Gasteiger partial charge in [0, 0.05) is 31.9 Å². The second-order valence-corrected chi connectivity index (χ2v) is 9.26. The van der Waals surface area contributed by atoms with Crippen molar-refractivity contribution >= 4 is 17.4 Å². The van der Waals surface area contributed by atoms with Crippen molar-refractivity contribution in [1.29, 1.82) is 0 Å². The van der Waals surface area contributed by atoms with Gasteiger partial charge in [0.05, 0.1) is 47.0 Å². The zero-order chi connectivity index (χ0) is 27.0. The van der Waals surface area contributed by atoms with Gasteiger partial charge in [0.2, 0.25) is 5.88 Å². The molecule has 0 unspecified atom stereocenters. The topological polar surface area (TPSA) is 61.8 Å². The van der Waals surface area contributed by atoms with Crippen LogP contribution in [0.25, 0.3) is 11.3 Å². The van der Waals surface area contributed by atoms with Gasteiger partial charge in [-0.3, -0.25) is 9.88 Å². The number of carbonyl (C=O) groups is 1. The summed E-state index contributed by atoms with van der Waals surface area (Å²) in [4.78, 5) is 27.0. The first-order chi connectivity index (χ1) is 18.2. The van der Waals surface area contributed by atoms with E-state index in [9.17, 15) is 22.4 Å². The van der Waals surface area contributed by atoms with E-state index in [-0.39, 0.29) is 24.3 Å². The number of hydrogen-bond donors (Lipinski definition) is 0. The Balaban J connectivity index is 1.40. The van der Waals surface area contributed by atoms with Crippen LogP contribution in [0, 0.1) is 5.82 Å². The Morgan fingerprint density at radius 3 is 2.53 bits per heavy atom. The molecule has 11 heteroatoms. The Morgan fingerprint density at radius 2 is 1.84 bits per heavy atom. The van der Waals surface area contributed by atoms with Crippen molar-refractivity contribution in [3.8, 4) is 17.1 Å². The van der Waals surface area contributed by atoms with Crippen LogP contribution in [0.1, 0.15) is 25.8 Å². The predicted molar refractivity (Wildman–Crippen MR) is 135 cm³/mol. The van der Waals surface area contributed by atoms with Crippen molar-refractivity contribution in [3.05, 3.63) is 66.2 Å². The highest BCUT2D eigenvalue weighted by atomic mass is 19.4. The van der Waals surface area contributed by atoms with Gasteiger partial charge in [-0.1, -0.05) is 6.92 Å². The number of nitrogens with zero attached hydrogens (tertiary/aromatic N) is 5. The molecule has 0 bridgehead atoms.